The van der Waals surface area contributed by atoms with Gasteiger partial charge in [0.2, 0.25) is 0 Å². The number of amides is 1. The zero-order valence-corrected chi connectivity index (χ0v) is 16.1. The van der Waals surface area contributed by atoms with Gasteiger partial charge < -0.3 is 9.21 Å². The van der Waals surface area contributed by atoms with E-state index in [1.807, 2.05) is 81.6 Å². The van der Waals surface area contributed by atoms with Gasteiger partial charge in [-0.25, -0.2) is 0 Å². The van der Waals surface area contributed by atoms with Gasteiger partial charge in [-0.3, -0.25) is 4.79 Å². The first-order chi connectivity index (χ1) is 11.3. The molecule has 0 saturated carbocycles. The van der Waals surface area contributed by atoms with Crippen LogP contribution in [0.25, 0.3) is 0 Å². The second-order valence-electron chi connectivity index (χ2n) is 5.55. The van der Waals surface area contributed by atoms with Gasteiger partial charge >= 0.3 is 0 Å². The highest BCUT2D eigenvalue weighted by molar-refractivity contribution is 8.05. The molecule has 0 heterocycles. The van der Waals surface area contributed by atoms with E-state index in [9.17, 15) is 4.79 Å². The van der Waals surface area contributed by atoms with Crippen molar-refractivity contribution in [2.24, 2.45) is 0 Å². The Morgan fingerprint density at radius 2 is 1.42 bits per heavy atom. The summed E-state index contributed by atoms with van der Waals surface area (Å²) >= 11 is 13.9. The number of nitrogens with zero attached hydrogens (tertiary/aromatic N) is 2. The molecule has 3 nitrogen and oxygen atoms in total. The largest absolute Gasteiger partial charge is 0.316 e. The van der Waals surface area contributed by atoms with E-state index in [0.717, 1.165) is 23.3 Å². The summed E-state index contributed by atoms with van der Waals surface area (Å²) < 4.78 is 0.159. The van der Waals surface area contributed by atoms with Crippen LogP contribution in [0, 0.1) is 0 Å². The van der Waals surface area contributed by atoms with Crippen LogP contribution >= 0.6 is 35.1 Å². The van der Waals surface area contributed by atoms with Gasteiger partial charge in [-0.2, -0.15) is 0 Å². The van der Waals surface area contributed by atoms with E-state index in [1.165, 1.54) is 0 Å². The van der Waals surface area contributed by atoms with Crippen molar-refractivity contribution in [3.05, 3.63) is 60.7 Å². The number of rotatable bonds is 6. The molecule has 6 heteroatoms. The van der Waals surface area contributed by atoms with Crippen molar-refractivity contribution in [3.8, 4) is 0 Å². The topological polar surface area (TPSA) is 23.6 Å². The van der Waals surface area contributed by atoms with Crippen LogP contribution in [0.5, 0.6) is 0 Å². The van der Waals surface area contributed by atoms with Crippen molar-refractivity contribution >= 4 is 52.4 Å². The minimum atomic E-state index is -1.63. The van der Waals surface area contributed by atoms with Gasteiger partial charge in [0.25, 0.3) is 9.57 Å². The van der Waals surface area contributed by atoms with Gasteiger partial charge in [-0.15, -0.1) is 0 Å². The summed E-state index contributed by atoms with van der Waals surface area (Å²) in [5, 5.41) is 0. The van der Waals surface area contributed by atoms with E-state index in [2.05, 4.69) is 0 Å². The number of anilines is 2. The number of para-hydroxylation sites is 2. The quantitative estimate of drug-likeness (QED) is 0.497. The molecule has 0 aliphatic rings. The van der Waals surface area contributed by atoms with Crippen molar-refractivity contribution in [2.45, 2.75) is 23.6 Å². The van der Waals surface area contributed by atoms with E-state index in [-0.39, 0.29) is 11.9 Å². The molecule has 0 aliphatic carbocycles. The molecule has 0 atom stereocenters. The smallest absolute Gasteiger partial charge is 0.276 e. The lowest BCUT2D eigenvalue weighted by atomic mass is 10.2. The summed E-state index contributed by atoms with van der Waals surface area (Å²) in [5.74, 6) is -0.361. The molecule has 0 bridgehead atoms. The molecule has 0 aliphatic heterocycles. The van der Waals surface area contributed by atoms with Crippen molar-refractivity contribution in [1.29, 1.82) is 0 Å². The lowest BCUT2D eigenvalue weighted by Gasteiger charge is -2.33. The number of halogens is 2. The Balaban J connectivity index is 2.21. The first-order valence-corrected chi connectivity index (χ1v) is 9.10. The molecule has 24 heavy (non-hydrogen) atoms. The number of benzene rings is 2. The molecule has 0 fully saturated rings. The highest BCUT2D eigenvalue weighted by Gasteiger charge is 2.41. The standard InChI is InChI=1S/C18H20Cl2N2OS/c1-14(2)22(16-12-8-5-9-13-16)17(23)18(19,20)24-21(3)15-10-6-4-7-11-15/h4-14H,1-3H3. The molecule has 0 saturated heterocycles. The molecule has 2 aromatic carbocycles. The maximum atomic E-state index is 13.0. The van der Waals surface area contributed by atoms with E-state index < -0.39 is 3.67 Å². The van der Waals surface area contributed by atoms with Crippen molar-refractivity contribution in [3.63, 3.8) is 0 Å². The number of hydrogen-bond acceptors (Lipinski definition) is 3. The van der Waals surface area contributed by atoms with Crippen LogP contribution < -0.4 is 9.21 Å². The number of alkyl halides is 2. The van der Waals surface area contributed by atoms with Gasteiger partial charge in [-0.1, -0.05) is 59.6 Å². The molecule has 0 spiro atoms. The SMILES string of the molecule is CC(C)N(C(=O)C(Cl)(Cl)SN(C)c1ccccc1)c1ccccc1. The second kappa shape index (κ2) is 8.15. The fourth-order valence-electron chi connectivity index (χ4n) is 2.28. The van der Waals surface area contributed by atoms with Gasteiger partial charge in [0.15, 0.2) is 0 Å². The molecule has 0 unspecified atom stereocenters. The molecule has 2 aromatic rings. The maximum Gasteiger partial charge on any atom is 0.276 e. The highest BCUT2D eigenvalue weighted by Crippen LogP contribution is 2.41. The lowest BCUT2D eigenvalue weighted by molar-refractivity contribution is -0.118. The second-order valence-corrected chi connectivity index (χ2v) is 8.66. The van der Waals surface area contributed by atoms with Crippen molar-refractivity contribution in [1.82, 2.24) is 0 Å². The molecule has 0 radical (unpaired) electrons. The minimum absolute atomic E-state index is 0.0700. The first kappa shape index (κ1) is 19.0. The molecule has 128 valence electrons. The fourth-order valence-corrected chi connectivity index (χ4v) is 3.83. The third-order valence-electron chi connectivity index (χ3n) is 3.39. The summed E-state index contributed by atoms with van der Waals surface area (Å²) in [6.45, 7) is 3.86. The molecule has 1 amide bonds. The zero-order valence-electron chi connectivity index (χ0n) is 13.8. The van der Waals surface area contributed by atoms with E-state index in [4.69, 9.17) is 23.2 Å². The van der Waals surface area contributed by atoms with Crippen LogP contribution in [-0.2, 0) is 4.79 Å². The van der Waals surface area contributed by atoms with Crippen molar-refractivity contribution in [2.75, 3.05) is 16.3 Å². The third-order valence-corrected chi connectivity index (χ3v) is 5.02. The predicted molar refractivity (Wildman–Crippen MR) is 106 cm³/mol. The van der Waals surface area contributed by atoms with Crippen LogP contribution in [0.15, 0.2) is 60.7 Å². The van der Waals surface area contributed by atoms with Crippen LogP contribution in [0.1, 0.15) is 13.8 Å². The number of hydrogen-bond donors (Lipinski definition) is 0. The molecular formula is C18H20Cl2N2OS. The third kappa shape index (κ3) is 4.59. The first-order valence-electron chi connectivity index (χ1n) is 7.57. The lowest BCUT2D eigenvalue weighted by Crippen LogP contribution is -2.45. The Kier molecular flexibility index (Phi) is 6.44. The Hall–Kier alpha value is -1.36. The summed E-state index contributed by atoms with van der Waals surface area (Å²) in [4.78, 5) is 14.6. The summed E-state index contributed by atoms with van der Waals surface area (Å²) in [6.07, 6.45) is 0. The van der Waals surface area contributed by atoms with Crippen LogP contribution in [0.4, 0.5) is 11.4 Å². The van der Waals surface area contributed by atoms with Gasteiger partial charge in [-0.05, 0) is 38.1 Å². The number of carbonyl (C=O) groups excluding carboxylic acids is 1. The number of carbonyl (C=O) groups is 1. The predicted octanol–water partition coefficient (Wildman–Crippen LogP) is 5.34. The average Bonchev–Trinajstić information content (AvgIpc) is 2.56. The van der Waals surface area contributed by atoms with Gasteiger partial charge in [0.05, 0.1) is 0 Å². The minimum Gasteiger partial charge on any atom is -0.316 e. The molecule has 0 N–H and O–H groups in total. The Bertz CT molecular complexity index is 665. The highest BCUT2D eigenvalue weighted by atomic mass is 35.5. The summed E-state index contributed by atoms with van der Waals surface area (Å²) in [6, 6.07) is 19.0. The summed E-state index contributed by atoms with van der Waals surface area (Å²) in [7, 11) is 1.83. The Morgan fingerprint density at radius 1 is 0.958 bits per heavy atom. The van der Waals surface area contributed by atoms with Crippen LogP contribution in [0.3, 0.4) is 0 Å². The van der Waals surface area contributed by atoms with Gasteiger partial charge in [0, 0.05) is 36.4 Å². The van der Waals surface area contributed by atoms with Gasteiger partial charge in [0.1, 0.15) is 0 Å². The van der Waals surface area contributed by atoms with E-state index in [0.29, 0.717) is 0 Å². The summed E-state index contributed by atoms with van der Waals surface area (Å²) in [5.41, 5.74) is 1.68. The van der Waals surface area contributed by atoms with Crippen molar-refractivity contribution < 1.29 is 4.79 Å². The van der Waals surface area contributed by atoms with E-state index in [1.54, 1.807) is 9.21 Å². The van der Waals surface area contributed by atoms with Crippen LogP contribution in [0.2, 0.25) is 0 Å². The molecule has 2 rings (SSSR count). The van der Waals surface area contributed by atoms with Crippen LogP contribution in [-0.4, -0.2) is 22.7 Å². The monoisotopic (exact) mass is 382 g/mol. The molecular weight excluding hydrogens is 363 g/mol. The zero-order chi connectivity index (χ0) is 17.7. The maximum absolute atomic E-state index is 13.0. The Labute approximate surface area is 157 Å². The fraction of sp³-hybridized carbons (Fsp3) is 0.278. The molecule has 0 aromatic heterocycles. The Morgan fingerprint density at radius 3 is 1.88 bits per heavy atom. The van der Waals surface area contributed by atoms with E-state index >= 15 is 0 Å². The normalized spacial score (nSPS) is 11.4. The average molecular weight is 383 g/mol.